The number of hydrogen-bond donors (Lipinski definition) is 1. The van der Waals surface area contributed by atoms with E-state index in [9.17, 15) is 8.42 Å². The lowest BCUT2D eigenvalue weighted by molar-refractivity contribution is 0.588. The first-order valence-corrected chi connectivity index (χ1v) is 8.05. The van der Waals surface area contributed by atoms with E-state index in [1.165, 1.54) is 0 Å². The van der Waals surface area contributed by atoms with Crippen LogP contribution in [0.25, 0.3) is 0 Å². The Bertz CT molecular complexity index is 483. The maximum absolute atomic E-state index is 11.6. The molecule has 96 valence electrons. The summed E-state index contributed by atoms with van der Waals surface area (Å²) in [5.74, 6) is 0.163. The minimum Gasteiger partial charge on any atom is -0.384 e. The molecular formula is C12H18BrNO2S. The molecule has 17 heavy (non-hydrogen) atoms. The molecule has 3 nitrogen and oxygen atoms in total. The van der Waals surface area contributed by atoms with E-state index in [-0.39, 0.29) is 11.0 Å². The quantitative estimate of drug-likeness (QED) is 0.907. The zero-order valence-corrected chi connectivity index (χ0v) is 12.7. The van der Waals surface area contributed by atoms with Crippen LogP contribution in [0.3, 0.4) is 0 Å². The Morgan fingerprint density at radius 2 is 2.00 bits per heavy atom. The molecule has 0 radical (unpaired) electrons. The largest absolute Gasteiger partial charge is 0.384 e. The molecule has 0 aliphatic rings. The monoisotopic (exact) mass is 319 g/mol. The summed E-state index contributed by atoms with van der Waals surface area (Å²) in [6, 6.07) is 5.91. The van der Waals surface area contributed by atoms with Gasteiger partial charge < -0.3 is 5.32 Å². The Morgan fingerprint density at radius 1 is 1.35 bits per heavy atom. The summed E-state index contributed by atoms with van der Waals surface area (Å²) < 4.78 is 24.2. The highest BCUT2D eigenvalue weighted by atomic mass is 79.9. The van der Waals surface area contributed by atoms with Gasteiger partial charge in [-0.2, -0.15) is 0 Å². The number of aryl methyl sites for hydroxylation is 1. The molecule has 0 heterocycles. The number of benzene rings is 1. The Morgan fingerprint density at radius 3 is 2.59 bits per heavy atom. The third kappa shape index (κ3) is 4.32. The van der Waals surface area contributed by atoms with Gasteiger partial charge in [-0.1, -0.05) is 22.0 Å². The lowest BCUT2D eigenvalue weighted by Gasteiger charge is -2.11. The maximum Gasteiger partial charge on any atom is 0.154 e. The van der Waals surface area contributed by atoms with Crippen molar-refractivity contribution in [1.29, 1.82) is 0 Å². The summed E-state index contributed by atoms with van der Waals surface area (Å²) in [7, 11) is -2.97. The van der Waals surface area contributed by atoms with E-state index >= 15 is 0 Å². The smallest absolute Gasteiger partial charge is 0.154 e. The van der Waals surface area contributed by atoms with Crippen molar-refractivity contribution in [2.45, 2.75) is 26.0 Å². The Hall–Kier alpha value is -0.550. The van der Waals surface area contributed by atoms with Gasteiger partial charge in [-0.25, -0.2) is 8.42 Å². The summed E-state index contributed by atoms with van der Waals surface area (Å²) in [5, 5.41) is 2.84. The van der Waals surface area contributed by atoms with Crippen LogP contribution in [-0.2, 0) is 9.84 Å². The molecule has 0 amide bonds. The normalized spacial score (nSPS) is 11.8. The summed E-state index contributed by atoms with van der Waals surface area (Å²) in [6.45, 7) is 5.85. The molecule has 0 aliphatic heterocycles. The molecule has 0 saturated carbocycles. The van der Waals surface area contributed by atoms with Crippen LogP contribution in [0.15, 0.2) is 22.7 Å². The van der Waals surface area contributed by atoms with Crippen molar-refractivity contribution >= 4 is 31.5 Å². The van der Waals surface area contributed by atoms with Crippen molar-refractivity contribution in [2.24, 2.45) is 0 Å². The SMILES string of the molecule is Cc1ccc(Br)cc1NCCS(=O)(=O)C(C)C. The lowest BCUT2D eigenvalue weighted by atomic mass is 10.2. The maximum atomic E-state index is 11.6. The van der Waals surface area contributed by atoms with E-state index in [1.54, 1.807) is 13.8 Å². The van der Waals surface area contributed by atoms with Crippen molar-refractivity contribution < 1.29 is 8.42 Å². The second kappa shape index (κ2) is 5.87. The van der Waals surface area contributed by atoms with E-state index in [0.29, 0.717) is 6.54 Å². The summed E-state index contributed by atoms with van der Waals surface area (Å²) in [6.07, 6.45) is 0. The molecule has 1 aromatic carbocycles. The van der Waals surface area contributed by atoms with Crippen LogP contribution >= 0.6 is 15.9 Å². The minimum atomic E-state index is -2.97. The predicted molar refractivity (Wildman–Crippen MR) is 76.3 cm³/mol. The molecular weight excluding hydrogens is 302 g/mol. The first kappa shape index (κ1) is 14.5. The van der Waals surface area contributed by atoms with Crippen LogP contribution in [0.1, 0.15) is 19.4 Å². The molecule has 0 saturated heterocycles. The number of nitrogens with one attached hydrogen (secondary N) is 1. The predicted octanol–water partition coefficient (Wildman–Crippen LogP) is 2.99. The average Bonchev–Trinajstić information content (AvgIpc) is 2.22. The number of rotatable bonds is 5. The molecule has 1 rings (SSSR count). The fourth-order valence-corrected chi connectivity index (χ4v) is 2.57. The van der Waals surface area contributed by atoms with Crippen molar-refractivity contribution in [3.05, 3.63) is 28.2 Å². The molecule has 0 spiro atoms. The minimum absolute atomic E-state index is 0.163. The number of hydrogen-bond acceptors (Lipinski definition) is 3. The number of anilines is 1. The Balaban J connectivity index is 2.60. The van der Waals surface area contributed by atoms with E-state index in [4.69, 9.17) is 0 Å². The van der Waals surface area contributed by atoms with Crippen LogP contribution < -0.4 is 5.32 Å². The summed E-state index contributed by atoms with van der Waals surface area (Å²) in [5.41, 5.74) is 2.08. The molecule has 0 bridgehead atoms. The molecule has 1 aromatic rings. The fourth-order valence-electron chi connectivity index (χ4n) is 1.35. The van der Waals surface area contributed by atoms with Gasteiger partial charge in [-0.05, 0) is 38.5 Å². The van der Waals surface area contributed by atoms with E-state index in [1.807, 2.05) is 25.1 Å². The van der Waals surface area contributed by atoms with E-state index in [2.05, 4.69) is 21.2 Å². The molecule has 0 aliphatic carbocycles. The van der Waals surface area contributed by atoms with Gasteiger partial charge in [-0.15, -0.1) is 0 Å². The van der Waals surface area contributed by atoms with Crippen molar-refractivity contribution in [1.82, 2.24) is 0 Å². The van der Waals surface area contributed by atoms with Gasteiger partial charge in [0.1, 0.15) is 0 Å². The highest BCUT2D eigenvalue weighted by molar-refractivity contribution is 9.10. The second-order valence-electron chi connectivity index (χ2n) is 4.30. The standard InChI is InChI=1S/C12H18BrNO2S/c1-9(2)17(15,16)7-6-14-12-8-11(13)5-4-10(12)3/h4-5,8-9,14H,6-7H2,1-3H3. The highest BCUT2D eigenvalue weighted by Gasteiger charge is 2.15. The third-order valence-corrected chi connectivity index (χ3v) is 5.32. The van der Waals surface area contributed by atoms with Gasteiger partial charge in [0.15, 0.2) is 9.84 Å². The Labute approximate surface area is 112 Å². The topological polar surface area (TPSA) is 46.2 Å². The first-order chi connectivity index (χ1) is 7.83. The second-order valence-corrected chi connectivity index (χ2v) is 7.89. The van der Waals surface area contributed by atoms with Gasteiger partial charge in [0.25, 0.3) is 0 Å². The molecule has 0 aromatic heterocycles. The molecule has 0 atom stereocenters. The van der Waals surface area contributed by atoms with E-state index in [0.717, 1.165) is 15.7 Å². The highest BCUT2D eigenvalue weighted by Crippen LogP contribution is 2.20. The molecule has 1 N–H and O–H groups in total. The Kier molecular flexibility index (Phi) is 5.01. The van der Waals surface area contributed by atoms with Crippen molar-refractivity contribution in [3.8, 4) is 0 Å². The number of halogens is 1. The van der Waals surface area contributed by atoms with Crippen LogP contribution in [0.4, 0.5) is 5.69 Å². The summed E-state index contributed by atoms with van der Waals surface area (Å²) in [4.78, 5) is 0. The molecule has 5 heteroatoms. The average molecular weight is 320 g/mol. The number of sulfone groups is 1. The molecule has 0 fully saturated rings. The first-order valence-electron chi connectivity index (χ1n) is 5.54. The van der Waals surface area contributed by atoms with Crippen molar-refractivity contribution in [3.63, 3.8) is 0 Å². The lowest BCUT2D eigenvalue weighted by Crippen LogP contribution is -2.23. The van der Waals surface area contributed by atoms with Gasteiger partial charge in [0.2, 0.25) is 0 Å². The zero-order valence-electron chi connectivity index (χ0n) is 10.3. The van der Waals surface area contributed by atoms with Gasteiger partial charge in [0.05, 0.1) is 11.0 Å². The molecule has 0 unspecified atom stereocenters. The van der Waals surface area contributed by atoms with Crippen LogP contribution in [0.5, 0.6) is 0 Å². The zero-order chi connectivity index (χ0) is 13.1. The van der Waals surface area contributed by atoms with Crippen LogP contribution in [-0.4, -0.2) is 26.0 Å². The summed E-state index contributed by atoms with van der Waals surface area (Å²) >= 11 is 3.39. The van der Waals surface area contributed by atoms with Gasteiger partial charge in [0, 0.05) is 16.7 Å². The fraction of sp³-hybridized carbons (Fsp3) is 0.500. The van der Waals surface area contributed by atoms with Crippen molar-refractivity contribution in [2.75, 3.05) is 17.6 Å². The van der Waals surface area contributed by atoms with Gasteiger partial charge >= 0.3 is 0 Å². The van der Waals surface area contributed by atoms with Crippen LogP contribution in [0, 0.1) is 6.92 Å². The third-order valence-electron chi connectivity index (χ3n) is 2.62. The van der Waals surface area contributed by atoms with E-state index < -0.39 is 9.84 Å². The van der Waals surface area contributed by atoms with Crippen LogP contribution in [0.2, 0.25) is 0 Å². The van der Waals surface area contributed by atoms with Gasteiger partial charge in [-0.3, -0.25) is 0 Å².